The lowest BCUT2D eigenvalue weighted by Crippen LogP contribution is -2.12. The Labute approximate surface area is 102 Å². The maximum Gasteiger partial charge on any atom is 0.0397 e. The first kappa shape index (κ1) is 10.2. The van der Waals surface area contributed by atoms with Crippen molar-refractivity contribution in [1.29, 1.82) is 0 Å². The van der Waals surface area contributed by atoms with Gasteiger partial charge in [-0.2, -0.15) is 0 Å². The van der Waals surface area contributed by atoms with E-state index in [-0.39, 0.29) is 0 Å². The van der Waals surface area contributed by atoms with Crippen LogP contribution in [0.4, 0.5) is 11.4 Å². The van der Waals surface area contributed by atoms with Gasteiger partial charge in [-0.3, -0.25) is 0 Å². The van der Waals surface area contributed by atoms with E-state index < -0.39 is 0 Å². The van der Waals surface area contributed by atoms with Crippen LogP contribution in [-0.4, -0.2) is 13.6 Å². The van der Waals surface area contributed by atoms with Crippen LogP contribution in [0, 0.1) is 0 Å². The largest absolute Gasteiger partial charge is 0.399 e. The van der Waals surface area contributed by atoms with Crippen molar-refractivity contribution in [2.24, 2.45) is 0 Å². The average Bonchev–Trinajstić information content (AvgIpc) is 2.71. The van der Waals surface area contributed by atoms with Gasteiger partial charge >= 0.3 is 0 Å². The lowest BCUT2D eigenvalue weighted by molar-refractivity contribution is 0.956. The van der Waals surface area contributed by atoms with Gasteiger partial charge in [0.05, 0.1) is 0 Å². The van der Waals surface area contributed by atoms with Crippen LogP contribution in [0.3, 0.4) is 0 Å². The Bertz CT molecular complexity index is 561. The van der Waals surface area contributed by atoms with Crippen LogP contribution < -0.4 is 10.6 Å². The number of nitrogens with two attached hydrogens (primary N) is 1. The molecule has 0 saturated carbocycles. The maximum absolute atomic E-state index is 5.82. The van der Waals surface area contributed by atoms with Gasteiger partial charge in [0.2, 0.25) is 0 Å². The molecule has 0 amide bonds. The highest BCUT2D eigenvalue weighted by molar-refractivity contribution is 5.72. The molecule has 1 heterocycles. The second kappa shape index (κ2) is 3.81. The van der Waals surface area contributed by atoms with Crippen molar-refractivity contribution in [3.63, 3.8) is 0 Å². The standard InChI is InChI=1S/C15H16N2/c1-17-8-7-13-9-12(5-6-15(13)17)11-3-2-4-14(16)10-11/h2-6,9-10H,7-8,16H2,1H3. The fourth-order valence-electron chi connectivity index (χ4n) is 2.46. The minimum Gasteiger partial charge on any atom is -0.399 e. The molecule has 2 aromatic rings. The summed E-state index contributed by atoms with van der Waals surface area (Å²) >= 11 is 0. The molecule has 0 aromatic heterocycles. The van der Waals surface area contributed by atoms with Crippen molar-refractivity contribution < 1.29 is 0 Å². The van der Waals surface area contributed by atoms with Crippen molar-refractivity contribution in [2.45, 2.75) is 6.42 Å². The third kappa shape index (κ3) is 1.76. The van der Waals surface area contributed by atoms with Crippen molar-refractivity contribution in [3.05, 3.63) is 48.0 Å². The summed E-state index contributed by atoms with van der Waals surface area (Å²) in [7, 11) is 2.14. The number of anilines is 2. The summed E-state index contributed by atoms with van der Waals surface area (Å²) in [5.74, 6) is 0. The third-order valence-electron chi connectivity index (χ3n) is 3.43. The number of nitrogens with zero attached hydrogens (tertiary/aromatic N) is 1. The normalized spacial score (nSPS) is 13.8. The Hall–Kier alpha value is -1.96. The lowest BCUT2D eigenvalue weighted by atomic mass is 10.0. The number of hydrogen-bond acceptors (Lipinski definition) is 2. The molecule has 0 aliphatic carbocycles. The summed E-state index contributed by atoms with van der Waals surface area (Å²) in [4.78, 5) is 2.30. The Morgan fingerprint density at radius 2 is 1.88 bits per heavy atom. The number of benzene rings is 2. The Kier molecular flexibility index (Phi) is 2.29. The molecule has 0 spiro atoms. The van der Waals surface area contributed by atoms with Gasteiger partial charge in [-0.05, 0) is 47.4 Å². The summed E-state index contributed by atoms with van der Waals surface area (Å²) in [5, 5.41) is 0. The molecule has 2 aromatic carbocycles. The molecule has 0 unspecified atom stereocenters. The summed E-state index contributed by atoms with van der Waals surface area (Å²) < 4.78 is 0. The van der Waals surface area contributed by atoms with Crippen LogP contribution >= 0.6 is 0 Å². The maximum atomic E-state index is 5.82. The number of hydrogen-bond donors (Lipinski definition) is 1. The van der Waals surface area contributed by atoms with E-state index in [4.69, 9.17) is 5.73 Å². The van der Waals surface area contributed by atoms with Gasteiger partial charge in [-0.15, -0.1) is 0 Å². The van der Waals surface area contributed by atoms with E-state index in [0.29, 0.717) is 0 Å². The molecule has 2 heteroatoms. The van der Waals surface area contributed by atoms with E-state index in [1.165, 1.54) is 22.4 Å². The van der Waals surface area contributed by atoms with Gasteiger partial charge in [0.1, 0.15) is 0 Å². The van der Waals surface area contributed by atoms with E-state index in [1.807, 2.05) is 18.2 Å². The van der Waals surface area contributed by atoms with Gasteiger partial charge in [0.25, 0.3) is 0 Å². The highest BCUT2D eigenvalue weighted by Gasteiger charge is 2.15. The van der Waals surface area contributed by atoms with E-state index in [9.17, 15) is 0 Å². The zero-order valence-electron chi connectivity index (χ0n) is 9.98. The molecule has 1 aliphatic heterocycles. The molecule has 0 saturated heterocycles. The Morgan fingerprint density at radius 1 is 1.06 bits per heavy atom. The molecule has 86 valence electrons. The highest BCUT2D eigenvalue weighted by atomic mass is 15.1. The summed E-state index contributed by atoms with van der Waals surface area (Å²) in [6, 6.07) is 14.7. The molecule has 2 N–H and O–H groups in total. The van der Waals surface area contributed by atoms with Gasteiger partial charge in [0, 0.05) is 25.0 Å². The first-order chi connectivity index (χ1) is 8.24. The minimum atomic E-state index is 0.820. The molecule has 0 fully saturated rings. The third-order valence-corrected chi connectivity index (χ3v) is 3.43. The second-order valence-electron chi connectivity index (χ2n) is 4.64. The lowest BCUT2D eigenvalue weighted by Gasteiger charge is -2.12. The van der Waals surface area contributed by atoms with E-state index in [2.05, 4.69) is 36.2 Å². The molecular formula is C15H16N2. The monoisotopic (exact) mass is 224 g/mol. The average molecular weight is 224 g/mol. The number of likely N-dealkylation sites (N-methyl/N-ethyl adjacent to an activating group) is 1. The van der Waals surface area contributed by atoms with E-state index in [1.54, 1.807) is 0 Å². The molecule has 0 atom stereocenters. The zero-order valence-corrected chi connectivity index (χ0v) is 9.98. The number of nitrogen functional groups attached to an aromatic ring is 1. The predicted octanol–water partition coefficient (Wildman–Crippen LogP) is 2.93. The predicted molar refractivity (Wildman–Crippen MR) is 73.3 cm³/mol. The molecule has 1 aliphatic rings. The van der Waals surface area contributed by atoms with Crippen LogP contribution in [-0.2, 0) is 6.42 Å². The van der Waals surface area contributed by atoms with Crippen molar-refractivity contribution in [3.8, 4) is 11.1 Å². The van der Waals surface area contributed by atoms with Crippen LogP contribution in [0.1, 0.15) is 5.56 Å². The van der Waals surface area contributed by atoms with Gasteiger partial charge in [-0.25, -0.2) is 0 Å². The van der Waals surface area contributed by atoms with Gasteiger partial charge in [0.15, 0.2) is 0 Å². The summed E-state index contributed by atoms with van der Waals surface area (Å²) in [6.07, 6.45) is 1.14. The van der Waals surface area contributed by atoms with Crippen LogP contribution in [0.15, 0.2) is 42.5 Å². The Balaban J connectivity index is 2.06. The van der Waals surface area contributed by atoms with Crippen molar-refractivity contribution in [2.75, 3.05) is 24.2 Å². The molecule has 2 nitrogen and oxygen atoms in total. The minimum absolute atomic E-state index is 0.820. The SMILES string of the molecule is CN1CCc2cc(-c3cccc(N)c3)ccc21. The van der Waals surface area contributed by atoms with Crippen LogP contribution in [0.2, 0.25) is 0 Å². The Morgan fingerprint density at radius 3 is 2.71 bits per heavy atom. The topological polar surface area (TPSA) is 29.3 Å². The van der Waals surface area contributed by atoms with Crippen molar-refractivity contribution in [1.82, 2.24) is 0 Å². The number of fused-ring (bicyclic) bond motifs is 1. The number of rotatable bonds is 1. The molecule has 3 rings (SSSR count). The summed E-state index contributed by atoms with van der Waals surface area (Å²) in [6.45, 7) is 1.12. The first-order valence-corrected chi connectivity index (χ1v) is 5.94. The van der Waals surface area contributed by atoms with Gasteiger partial charge in [-0.1, -0.05) is 18.2 Å². The fourth-order valence-corrected chi connectivity index (χ4v) is 2.46. The van der Waals surface area contributed by atoms with Crippen molar-refractivity contribution >= 4 is 11.4 Å². The van der Waals surface area contributed by atoms with E-state index >= 15 is 0 Å². The second-order valence-corrected chi connectivity index (χ2v) is 4.64. The quantitative estimate of drug-likeness (QED) is 0.755. The molecule has 0 bridgehead atoms. The fraction of sp³-hybridized carbons (Fsp3) is 0.200. The summed E-state index contributed by atoms with van der Waals surface area (Å²) in [5.41, 5.74) is 11.9. The molecule has 17 heavy (non-hydrogen) atoms. The first-order valence-electron chi connectivity index (χ1n) is 5.94. The van der Waals surface area contributed by atoms with Gasteiger partial charge < -0.3 is 10.6 Å². The zero-order chi connectivity index (χ0) is 11.8. The smallest absolute Gasteiger partial charge is 0.0397 e. The molecular weight excluding hydrogens is 208 g/mol. The molecule has 0 radical (unpaired) electrons. The van der Waals surface area contributed by atoms with Crippen LogP contribution in [0.5, 0.6) is 0 Å². The van der Waals surface area contributed by atoms with E-state index in [0.717, 1.165) is 18.7 Å². The highest BCUT2D eigenvalue weighted by Crippen LogP contribution is 2.31. The van der Waals surface area contributed by atoms with Crippen LogP contribution in [0.25, 0.3) is 11.1 Å².